The van der Waals surface area contributed by atoms with Crippen LogP contribution in [-0.2, 0) is 4.79 Å². The highest BCUT2D eigenvalue weighted by Crippen LogP contribution is 2.35. The minimum Gasteiger partial charge on any atom is -0.493 e. The normalized spacial score (nSPS) is 15.1. The lowest BCUT2D eigenvalue weighted by atomic mass is 9.97. The van der Waals surface area contributed by atoms with Gasteiger partial charge in [-0.3, -0.25) is 4.79 Å². The molecule has 1 aliphatic rings. The van der Waals surface area contributed by atoms with E-state index >= 15 is 0 Å². The Morgan fingerprint density at radius 3 is 2.71 bits per heavy atom. The maximum Gasteiger partial charge on any atom is 0.229 e. The lowest BCUT2D eigenvalue weighted by Gasteiger charge is -2.20. The first kappa shape index (κ1) is 16.7. The van der Waals surface area contributed by atoms with Crippen molar-refractivity contribution in [2.24, 2.45) is 5.92 Å². The van der Waals surface area contributed by atoms with Crippen molar-refractivity contribution in [3.63, 3.8) is 0 Å². The Bertz CT molecular complexity index is 711. The zero-order chi connectivity index (χ0) is 16.9. The number of aromatic nitrogens is 1. The van der Waals surface area contributed by atoms with Crippen LogP contribution in [0.1, 0.15) is 12.8 Å². The van der Waals surface area contributed by atoms with Gasteiger partial charge in [-0.15, -0.1) is 0 Å². The molecule has 6 nitrogen and oxygen atoms in total. The van der Waals surface area contributed by atoms with Gasteiger partial charge in [0, 0.05) is 12.1 Å². The predicted octanol–water partition coefficient (Wildman–Crippen LogP) is 2.77. The zero-order valence-corrected chi connectivity index (χ0v) is 14.6. The molecule has 2 N–H and O–H groups in total. The highest BCUT2D eigenvalue weighted by molar-refractivity contribution is 7.19. The number of carbonyl (C=O) groups excluding carboxylic acids is 1. The molecular formula is C17H21N3O3S. The van der Waals surface area contributed by atoms with Crippen LogP contribution in [0.25, 0.3) is 10.4 Å². The van der Waals surface area contributed by atoms with E-state index in [0.29, 0.717) is 16.6 Å². The number of hydrogen-bond donors (Lipinski definition) is 2. The van der Waals surface area contributed by atoms with Gasteiger partial charge in [-0.2, -0.15) is 0 Å². The Morgan fingerprint density at radius 2 is 2.00 bits per heavy atom. The van der Waals surface area contributed by atoms with E-state index in [1.807, 2.05) is 18.2 Å². The number of nitrogens with one attached hydrogen (secondary N) is 2. The molecule has 0 bridgehead atoms. The van der Waals surface area contributed by atoms with Gasteiger partial charge in [0.15, 0.2) is 16.6 Å². The minimum atomic E-state index is 0.0599. The van der Waals surface area contributed by atoms with Crippen LogP contribution in [0.2, 0.25) is 0 Å². The van der Waals surface area contributed by atoms with E-state index < -0.39 is 0 Å². The van der Waals surface area contributed by atoms with E-state index in [2.05, 4.69) is 15.6 Å². The average Bonchev–Trinajstić information content (AvgIpc) is 3.10. The van der Waals surface area contributed by atoms with E-state index in [-0.39, 0.29) is 11.8 Å². The summed E-state index contributed by atoms with van der Waals surface area (Å²) < 4.78 is 10.6. The molecule has 0 radical (unpaired) electrons. The Morgan fingerprint density at radius 1 is 1.25 bits per heavy atom. The zero-order valence-electron chi connectivity index (χ0n) is 13.8. The van der Waals surface area contributed by atoms with Crippen molar-refractivity contribution in [3.05, 3.63) is 24.4 Å². The van der Waals surface area contributed by atoms with Crippen LogP contribution < -0.4 is 20.1 Å². The second-order valence-electron chi connectivity index (χ2n) is 5.61. The fourth-order valence-corrected chi connectivity index (χ4v) is 3.56. The van der Waals surface area contributed by atoms with Gasteiger partial charge < -0.3 is 20.1 Å². The molecule has 2 aromatic rings. The molecule has 3 rings (SSSR count). The van der Waals surface area contributed by atoms with Crippen molar-refractivity contribution in [2.75, 3.05) is 32.6 Å². The standard InChI is InChI=1S/C17H21N3O3S/c1-22-13-4-3-12(9-14(13)23-2)15-10-19-17(24-15)20-16(21)11-5-7-18-8-6-11/h3-4,9-11,18H,5-8H2,1-2H3,(H,19,20,21). The number of ether oxygens (including phenoxy) is 2. The van der Waals surface area contributed by atoms with E-state index in [9.17, 15) is 4.79 Å². The largest absolute Gasteiger partial charge is 0.493 e. The first-order valence-electron chi connectivity index (χ1n) is 7.91. The number of benzene rings is 1. The van der Waals surface area contributed by atoms with Gasteiger partial charge >= 0.3 is 0 Å². The summed E-state index contributed by atoms with van der Waals surface area (Å²) in [7, 11) is 3.22. The van der Waals surface area contributed by atoms with Crippen LogP contribution in [0.4, 0.5) is 5.13 Å². The Labute approximate surface area is 145 Å². The molecule has 128 valence electrons. The van der Waals surface area contributed by atoms with E-state index in [1.165, 1.54) is 11.3 Å². The molecule has 0 saturated carbocycles. The summed E-state index contributed by atoms with van der Waals surface area (Å²) >= 11 is 1.46. The van der Waals surface area contributed by atoms with Gasteiger partial charge in [-0.05, 0) is 49.7 Å². The number of amides is 1. The van der Waals surface area contributed by atoms with Crippen LogP contribution in [0, 0.1) is 5.92 Å². The quantitative estimate of drug-likeness (QED) is 0.870. The van der Waals surface area contributed by atoms with E-state index in [0.717, 1.165) is 36.4 Å². The lowest BCUT2D eigenvalue weighted by Crippen LogP contribution is -2.34. The van der Waals surface area contributed by atoms with E-state index in [1.54, 1.807) is 20.4 Å². The average molecular weight is 347 g/mol. The Kier molecular flexibility index (Phi) is 5.32. The summed E-state index contributed by atoms with van der Waals surface area (Å²) in [5.74, 6) is 1.48. The minimum absolute atomic E-state index is 0.0599. The third kappa shape index (κ3) is 3.68. The molecule has 0 aliphatic carbocycles. The summed E-state index contributed by atoms with van der Waals surface area (Å²) in [6, 6.07) is 5.72. The molecule has 1 fully saturated rings. The van der Waals surface area contributed by atoms with Crippen LogP contribution in [-0.4, -0.2) is 38.2 Å². The molecule has 2 heterocycles. The second-order valence-corrected chi connectivity index (χ2v) is 6.64. The van der Waals surface area contributed by atoms with E-state index in [4.69, 9.17) is 9.47 Å². The molecule has 24 heavy (non-hydrogen) atoms. The maximum atomic E-state index is 12.3. The topological polar surface area (TPSA) is 72.5 Å². The molecule has 1 saturated heterocycles. The number of carbonyl (C=O) groups is 1. The van der Waals surface area contributed by atoms with Crippen molar-refractivity contribution >= 4 is 22.4 Å². The van der Waals surface area contributed by atoms with Crippen molar-refractivity contribution in [1.82, 2.24) is 10.3 Å². The Balaban J connectivity index is 1.72. The van der Waals surface area contributed by atoms with Crippen molar-refractivity contribution < 1.29 is 14.3 Å². The fraction of sp³-hybridized carbons (Fsp3) is 0.412. The summed E-state index contributed by atoms with van der Waals surface area (Å²) in [4.78, 5) is 17.6. The lowest BCUT2D eigenvalue weighted by molar-refractivity contribution is -0.120. The molecule has 1 amide bonds. The maximum absolute atomic E-state index is 12.3. The van der Waals surface area contributed by atoms with Crippen molar-refractivity contribution in [1.29, 1.82) is 0 Å². The number of thiazole rings is 1. The predicted molar refractivity (Wildman–Crippen MR) is 94.9 cm³/mol. The van der Waals surface area contributed by atoms with Crippen LogP contribution >= 0.6 is 11.3 Å². The molecule has 0 spiro atoms. The molecule has 0 atom stereocenters. The SMILES string of the molecule is COc1ccc(-c2cnc(NC(=O)C3CCNCC3)s2)cc1OC. The van der Waals surface area contributed by atoms with Gasteiger partial charge in [-0.25, -0.2) is 4.98 Å². The molecule has 1 aromatic carbocycles. The molecule has 7 heteroatoms. The number of rotatable bonds is 5. The number of piperidine rings is 1. The number of nitrogens with zero attached hydrogens (tertiary/aromatic N) is 1. The smallest absolute Gasteiger partial charge is 0.229 e. The Hall–Kier alpha value is -2.12. The van der Waals surface area contributed by atoms with Gasteiger partial charge in [0.25, 0.3) is 0 Å². The fourth-order valence-electron chi connectivity index (χ4n) is 2.75. The number of methoxy groups -OCH3 is 2. The van der Waals surface area contributed by atoms with Crippen LogP contribution in [0.3, 0.4) is 0 Å². The second kappa shape index (κ2) is 7.63. The third-order valence-corrected chi connectivity index (χ3v) is 5.08. The summed E-state index contributed by atoms with van der Waals surface area (Å²) in [5, 5.41) is 6.83. The molecule has 1 aromatic heterocycles. The molecule has 1 aliphatic heterocycles. The number of hydrogen-bond acceptors (Lipinski definition) is 6. The summed E-state index contributed by atoms with van der Waals surface area (Å²) in [5.41, 5.74) is 0.979. The highest BCUT2D eigenvalue weighted by atomic mass is 32.1. The first-order valence-corrected chi connectivity index (χ1v) is 8.72. The van der Waals surface area contributed by atoms with Gasteiger partial charge in [-0.1, -0.05) is 11.3 Å². The van der Waals surface area contributed by atoms with Crippen LogP contribution in [0.5, 0.6) is 11.5 Å². The van der Waals surface area contributed by atoms with Gasteiger partial charge in [0.05, 0.1) is 19.1 Å². The summed E-state index contributed by atoms with van der Waals surface area (Å²) in [6.07, 6.45) is 3.52. The summed E-state index contributed by atoms with van der Waals surface area (Å²) in [6.45, 7) is 1.79. The van der Waals surface area contributed by atoms with Gasteiger partial charge in [0.1, 0.15) is 0 Å². The number of anilines is 1. The monoisotopic (exact) mass is 347 g/mol. The van der Waals surface area contributed by atoms with Crippen molar-refractivity contribution in [3.8, 4) is 21.9 Å². The molecule has 0 unspecified atom stereocenters. The van der Waals surface area contributed by atoms with Crippen LogP contribution in [0.15, 0.2) is 24.4 Å². The first-order chi connectivity index (χ1) is 11.7. The highest BCUT2D eigenvalue weighted by Gasteiger charge is 2.21. The van der Waals surface area contributed by atoms with Gasteiger partial charge in [0.2, 0.25) is 5.91 Å². The van der Waals surface area contributed by atoms with Crippen molar-refractivity contribution in [2.45, 2.75) is 12.8 Å². The molecular weight excluding hydrogens is 326 g/mol. The third-order valence-electron chi connectivity index (χ3n) is 4.11.